The van der Waals surface area contributed by atoms with Crippen molar-refractivity contribution in [1.29, 1.82) is 0 Å². The zero-order valence-corrected chi connectivity index (χ0v) is 10.9. The summed E-state index contributed by atoms with van der Waals surface area (Å²) in [6.07, 6.45) is 0.164. The first-order chi connectivity index (χ1) is 9.54. The van der Waals surface area contributed by atoms with E-state index in [2.05, 4.69) is 0 Å². The molecule has 0 amide bonds. The Labute approximate surface area is 116 Å². The van der Waals surface area contributed by atoms with Crippen molar-refractivity contribution in [1.82, 2.24) is 0 Å². The summed E-state index contributed by atoms with van der Waals surface area (Å²) in [5.41, 5.74) is 1.95. The van der Waals surface area contributed by atoms with Gasteiger partial charge in [0.05, 0.1) is 11.3 Å². The van der Waals surface area contributed by atoms with E-state index in [0.717, 1.165) is 11.1 Å². The second kappa shape index (κ2) is 5.97. The number of non-ortho nitro benzene ring substituents is 1. The Kier molecular flexibility index (Phi) is 4.10. The summed E-state index contributed by atoms with van der Waals surface area (Å²) in [5, 5.41) is 10.5. The van der Waals surface area contributed by atoms with Gasteiger partial charge >= 0.3 is 5.97 Å². The van der Waals surface area contributed by atoms with Crippen molar-refractivity contribution in [3.63, 3.8) is 0 Å². The Hall–Kier alpha value is -2.69. The molecule has 0 bridgehead atoms. The molecule has 102 valence electrons. The lowest BCUT2D eigenvalue weighted by atomic mass is 10.1. The molecule has 0 N–H and O–H groups in total. The Balaban J connectivity index is 1.97. The zero-order chi connectivity index (χ0) is 14.5. The van der Waals surface area contributed by atoms with Gasteiger partial charge in [0.25, 0.3) is 5.69 Å². The van der Waals surface area contributed by atoms with Crippen LogP contribution in [0.4, 0.5) is 5.69 Å². The molecule has 0 saturated heterocycles. The van der Waals surface area contributed by atoms with Gasteiger partial charge < -0.3 is 4.74 Å². The molecule has 0 aromatic heterocycles. The van der Waals surface area contributed by atoms with E-state index in [4.69, 9.17) is 4.74 Å². The summed E-state index contributed by atoms with van der Waals surface area (Å²) in [5.74, 6) is -0.101. The molecule has 0 aliphatic carbocycles. The second-order valence-electron chi connectivity index (χ2n) is 4.39. The predicted octanol–water partition coefficient (Wildman–Crippen LogP) is 3.05. The average Bonchev–Trinajstić information content (AvgIpc) is 2.42. The highest BCUT2D eigenvalue weighted by atomic mass is 16.6. The van der Waals surface area contributed by atoms with Crippen LogP contribution in [0.2, 0.25) is 0 Å². The van der Waals surface area contributed by atoms with Gasteiger partial charge in [-0.1, -0.05) is 29.8 Å². The molecule has 0 fully saturated rings. The molecule has 0 saturated carbocycles. The molecular weight excluding hydrogens is 258 g/mol. The number of nitro benzene ring substituents is 1. The highest BCUT2D eigenvalue weighted by molar-refractivity contribution is 5.75. The third-order valence-electron chi connectivity index (χ3n) is 2.75. The Morgan fingerprint density at radius 3 is 2.25 bits per heavy atom. The molecule has 0 radical (unpaired) electrons. The van der Waals surface area contributed by atoms with Crippen molar-refractivity contribution in [3.05, 3.63) is 69.8 Å². The summed E-state index contributed by atoms with van der Waals surface area (Å²) in [6.45, 7) is 1.97. The number of nitrogens with zero attached hydrogens (tertiary/aromatic N) is 1. The number of nitro groups is 1. The first-order valence-electron chi connectivity index (χ1n) is 6.05. The topological polar surface area (TPSA) is 69.4 Å². The molecule has 5 heteroatoms. The number of carbonyl (C=O) groups excluding carboxylic acids is 1. The number of aryl methyl sites for hydroxylation is 1. The van der Waals surface area contributed by atoms with Crippen molar-refractivity contribution in [2.24, 2.45) is 0 Å². The minimum Gasteiger partial charge on any atom is -0.426 e. The van der Waals surface area contributed by atoms with Crippen LogP contribution in [-0.2, 0) is 11.2 Å². The largest absolute Gasteiger partial charge is 0.426 e. The van der Waals surface area contributed by atoms with Crippen molar-refractivity contribution in [2.75, 3.05) is 0 Å². The molecule has 5 nitrogen and oxygen atoms in total. The first-order valence-corrected chi connectivity index (χ1v) is 6.05. The van der Waals surface area contributed by atoms with Gasteiger partial charge in [0.2, 0.25) is 0 Å². The SMILES string of the molecule is Cc1ccc(CC(=O)Oc2ccc([N+](=O)[O-])cc2)cc1. The molecule has 0 spiro atoms. The van der Waals surface area contributed by atoms with Crippen LogP contribution in [0.3, 0.4) is 0 Å². The third-order valence-corrected chi connectivity index (χ3v) is 2.75. The number of rotatable bonds is 4. The summed E-state index contributed by atoms with van der Waals surface area (Å²) in [4.78, 5) is 21.7. The van der Waals surface area contributed by atoms with E-state index < -0.39 is 10.9 Å². The molecule has 2 aromatic carbocycles. The van der Waals surface area contributed by atoms with E-state index >= 15 is 0 Å². The summed E-state index contributed by atoms with van der Waals surface area (Å²) < 4.78 is 5.12. The monoisotopic (exact) mass is 271 g/mol. The van der Waals surface area contributed by atoms with Crippen LogP contribution in [0, 0.1) is 17.0 Å². The van der Waals surface area contributed by atoms with Gasteiger partial charge in [0.15, 0.2) is 0 Å². The smallest absolute Gasteiger partial charge is 0.315 e. The van der Waals surface area contributed by atoms with Crippen LogP contribution >= 0.6 is 0 Å². The number of benzene rings is 2. The van der Waals surface area contributed by atoms with Crippen molar-refractivity contribution >= 4 is 11.7 Å². The summed E-state index contributed by atoms with van der Waals surface area (Å²) >= 11 is 0. The Bertz CT molecular complexity index is 617. The fraction of sp³-hybridized carbons (Fsp3) is 0.133. The highest BCUT2D eigenvalue weighted by Gasteiger charge is 2.09. The minimum atomic E-state index is -0.502. The molecule has 0 aliphatic heterocycles. The van der Waals surface area contributed by atoms with Gasteiger partial charge in [-0.05, 0) is 24.6 Å². The summed E-state index contributed by atoms with van der Waals surface area (Å²) in [7, 11) is 0. The van der Waals surface area contributed by atoms with Crippen molar-refractivity contribution in [3.8, 4) is 5.75 Å². The average molecular weight is 271 g/mol. The molecule has 0 heterocycles. The van der Waals surface area contributed by atoms with Gasteiger partial charge in [0.1, 0.15) is 5.75 Å². The molecule has 2 aromatic rings. The van der Waals surface area contributed by atoms with Crippen molar-refractivity contribution < 1.29 is 14.5 Å². The van der Waals surface area contributed by atoms with Gasteiger partial charge in [-0.2, -0.15) is 0 Å². The lowest BCUT2D eigenvalue weighted by Gasteiger charge is -2.04. The van der Waals surface area contributed by atoms with Crippen LogP contribution in [0.1, 0.15) is 11.1 Å². The fourth-order valence-electron chi connectivity index (χ4n) is 1.68. The molecule has 20 heavy (non-hydrogen) atoms. The summed E-state index contributed by atoms with van der Waals surface area (Å²) in [6, 6.07) is 13.0. The number of hydrogen-bond acceptors (Lipinski definition) is 4. The van der Waals surface area contributed by atoms with Gasteiger partial charge in [-0.15, -0.1) is 0 Å². The standard InChI is InChI=1S/C15H13NO4/c1-11-2-4-12(5-3-11)10-15(17)20-14-8-6-13(7-9-14)16(18)19/h2-9H,10H2,1H3. The maximum Gasteiger partial charge on any atom is 0.315 e. The molecule has 0 aliphatic rings. The highest BCUT2D eigenvalue weighted by Crippen LogP contribution is 2.17. The van der Waals surface area contributed by atoms with Gasteiger partial charge in [0, 0.05) is 12.1 Å². The van der Waals surface area contributed by atoms with Crippen LogP contribution in [0.25, 0.3) is 0 Å². The van der Waals surface area contributed by atoms with E-state index in [9.17, 15) is 14.9 Å². The number of carbonyl (C=O) groups is 1. The van der Waals surface area contributed by atoms with Gasteiger partial charge in [-0.3, -0.25) is 14.9 Å². The molecular formula is C15H13NO4. The van der Waals surface area contributed by atoms with E-state index in [0.29, 0.717) is 5.75 Å². The lowest BCUT2D eigenvalue weighted by Crippen LogP contribution is -2.11. The quantitative estimate of drug-likeness (QED) is 0.371. The fourth-order valence-corrected chi connectivity index (χ4v) is 1.68. The predicted molar refractivity (Wildman–Crippen MR) is 73.6 cm³/mol. The third kappa shape index (κ3) is 3.65. The minimum absolute atomic E-state index is 0.0386. The van der Waals surface area contributed by atoms with E-state index in [1.165, 1.54) is 24.3 Å². The first kappa shape index (κ1) is 13.7. The van der Waals surface area contributed by atoms with E-state index in [1.54, 1.807) is 0 Å². The van der Waals surface area contributed by atoms with Crippen LogP contribution in [0.15, 0.2) is 48.5 Å². The number of esters is 1. The van der Waals surface area contributed by atoms with Crippen molar-refractivity contribution in [2.45, 2.75) is 13.3 Å². The maximum atomic E-state index is 11.7. The maximum absolute atomic E-state index is 11.7. The Morgan fingerprint density at radius 2 is 1.70 bits per heavy atom. The van der Waals surface area contributed by atoms with Crippen LogP contribution < -0.4 is 4.74 Å². The number of ether oxygens (including phenoxy) is 1. The van der Waals surface area contributed by atoms with E-state index in [-0.39, 0.29) is 12.1 Å². The molecule has 0 atom stereocenters. The normalized spacial score (nSPS) is 10.1. The Morgan fingerprint density at radius 1 is 1.10 bits per heavy atom. The molecule has 0 unspecified atom stereocenters. The van der Waals surface area contributed by atoms with Gasteiger partial charge in [-0.25, -0.2) is 0 Å². The van der Waals surface area contributed by atoms with Crippen LogP contribution in [-0.4, -0.2) is 10.9 Å². The van der Waals surface area contributed by atoms with E-state index in [1.807, 2.05) is 31.2 Å². The zero-order valence-electron chi connectivity index (χ0n) is 10.9. The second-order valence-corrected chi connectivity index (χ2v) is 4.39. The van der Waals surface area contributed by atoms with Crippen LogP contribution in [0.5, 0.6) is 5.75 Å². The lowest BCUT2D eigenvalue weighted by molar-refractivity contribution is -0.384. The number of hydrogen-bond donors (Lipinski definition) is 0. The molecule has 2 rings (SSSR count).